The maximum atomic E-state index is 11.2. The molecule has 0 atom stereocenters. The molecule has 0 saturated heterocycles. The summed E-state index contributed by atoms with van der Waals surface area (Å²) in [6.07, 6.45) is 1.78. The summed E-state index contributed by atoms with van der Waals surface area (Å²) in [5.41, 5.74) is 1.17. The van der Waals surface area contributed by atoms with Crippen LogP contribution in [0.15, 0.2) is 36.1 Å². The number of carbonyl (C=O) groups excluding carboxylic acids is 1. The van der Waals surface area contributed by atoms with Gasteiger partial charge in [-0.15, -0.1) is 0 Å². The lowest BCUT2D eigenvalue weighted by Gasteiger charge is -2.10. The van der Waals surface area contributed by atoms with E-state index in [1.165, 1.54) is 0 Å². The number of rotatable bonds is 5. The van der Waals surface area contributed by atoms with E-state index >= 15 is 0 Å². The van der Waals surface area contributed by atoms with Crippen molar-refractivity contribution in [3.05, 3.63) is 36.1 Å². The monoisotopic (exact) mass is 209 g/mol. The average molecular weight is 209 g/mol. The Hall–Kier alpha value is -1.51. The van der Waals surface area contributed by atoms with Gasteiger partial charge in [0.25, 0.3) is 5.91 Å². The number of ether oxygens (including phenoxy) is 1. The molecule has 84 valence electrons. The highest BCUT2D eigenvalue weighted by atomic mass is 16.5. The van der Waals surface area contributed by atoms with Crippen molar-refractivity contribution < 1.29 is 9.53 Å². The molecule has 3 heteroatoms. The molecule has 0 radical (unpaired) electrons. The SMILES string of the molecule is C=C(C=C(C)C(=C)C(=O)NC)OC(C)C. The molecule has 0 saturated carbocycles. The van der Waals surface area contributed by atoms with E-state index in [1.807, 2.05) is 13.8 Å². The molecule has 0 unspecified atom stereocenters. The van der Waals surface area contributed by atoms with E-state index in [0.29, 0.717) is 11.3 Å². The van der Waals surface area contributed by atoms with Crippen LogP contribution < -0.4 is 5.32 Å². The molecular formula is C12H19NO2. The first-order valence-corrected chi connectivity index (χ1v) is 4.83. The molecule has 0 aliphatic carbocycles. The Morgan fingerprint density at radius 2 is 1.93 bits per heavy atom. The zero-order chi connectivity index (χ0) is 12.0. The third kappa shape index (κ3) is 5.05. The van der Waals surface area contributed by atoms with Gasteiger partial charge in [-0.1, -0.05) is 13.2 Å². The fourth-order valence-electron chi connectivity index (χ4n) is 0.995. The summed E-state index contributed by atoms with van der Waals surface area (Å²) in [7, 11) is 1.57. The van der Waals surface area contributed by atoms with Crippen molar-refractivity contribution in [3.8, 4) is 0 Å². The highest BCUT2D eigenvalue weighted by Crippen LogP contribution is 2.11. The number of hydrogen-bond donors (Lipinski definition) is 1. The van der Waals surface area contributed by atoms with E-state index in [1.54, 1.807) is 20.0 Å². The zero-order valence-corrected chi connectivity index (χ0v) is 9.89. The summed E-state index contributed by atoms with van der Waals surface area (Å²) < 4.78 is 5.34. The van der Waals surface area contributed by atoms with Crippen LogP contribution in [0.5, 0.6) is 0 Å². The molecule has 15 heavy (non-hydrogen) atoms. The minimum absolute atomic E-state index is 0.0785. The van der Waals surface area contributed by atoms with Gasteiger partial charge in [-0.25, -0.2) is 0 Å². The Labute approximate surface area is 91.5 Å². The number of hydrogen-bond acceptors (Lipinski definition) is 2. The first-order chi connectivity index (χ1) is 6.88. The van der Waals surface area contributed by atoms with E-state index in [2.05, 4.69) is 18.5 Å². The van der Waals surface area contributed by atoms with E-state index in [4.69, 9.17) is 4.74 Å². The summed E-state index contributed by atoms with van der Waals surface area (Å²) in [5.74, 6) is 0.341. The molecule has 0 bridgehead atoms. The van der Waals surface area contributed by atoms with Crippen LogP contribution >= 0.6 is 0 Å². The maximum Gasteiger partial charge on any atom is 0.250 e. The van der Waals surface area contributed by atoms with Gasteiger partial charge in [0.2, 0.25) is 0 Å². The number of allylic oxidation sites excluding steroid dienone is 1. The van der Waals surface area contributed by atoms with Crippen LogP contribution in [-0.4, -0.2) is 19.1 Å². The van der Waals surface area contributed by atoms with Gasteiger partial charge >= 0.3 is 0 Å². The molecule has 0 aliphatic rings. The number of amides is 1. The molecule has 0 aromatic heterocycles. The predicted molar refractivity (Wildman–Crippen MR) is 62.3 cm³/mol. The summed E-state index contributed by atoms with van der Waals surface area (Å²) >= 11 is 0. The molecule has 0 spiro atoms. The predicted octanol–water partition coefficient (Wildman–Crippen LogP) is 2.17. The van der Waals surface area contributed by atoms with Gasteiger partial charge in [-0.05, 0) is 32.4 Å². The third-order valence-electron chi connectivity index (χ3n) is 1.74. The smallest absolute Gasteiger partial charge is 0.250 e. The fraction of sp³-hybridized carbons (Fsp3) is 0.417. The van der Waals surface area contributed by atoms with E-state index in [9.17, 15) is 4.79 Å². The molecule has 0 fully saturated rings. The highest BCUT2D eigenvalue weighted by molar-refractivity contribution is 5.96. The van der Waals surface area contributed by atoms with E-state index in [-0.39, 0.29) is 12.0 Å². The molecule has 0 aromatic rings. The van der Waals surface area contributed by atoms with E-state index in [0.717, 1.165) is 5.57 Å². The van der Waals surface area contributed by atoms with Gasteiger partial charge in [-0.3, -0.25) is 4.79 Å². The lowest BCUT2D eigenvalue weighted by molar-refractivity contribution is -0.116. The topological polar surface area (TPSA) is 38.3 Å². The summed E-state index contributed by atoms with van der Waals surface area (Å²) in [6, 6.07) is 0. The van der Waals surface area contributed by atoms with Crippen molar-refractivity contribution in [2.24, 2.45) is 0 Å². The molecule has 0 aromatic carbocycles. The average Bonchev–Trinajstić information content (AvgIpc) is 2.13. The lowest BCUT2D eigenvalue weighted by atomic mass is 10.1. The summed E-state index contributed by atoms with van der Waals surface area (Å²) in [6.45, 7) is 13.0. The van der Waals surface area contributed by atoms with Crippen LogP contribution in [0.25, 0.3) is 0 Å². The Bertz CT molecular complexity index is 301. The van der Waals surface area contributed by atoms with Crippen LogP contribution in [0.4, 0.5) is 0 Å². The van der Waals surface area contributed by atoms with Gasteiger partial charge in [0.1, 0.15) is 5.76 Å². The van der Waals surface area contributed by atoms with Crippen LogP contribution in [0.3, 0.4) is 0 Å². The van der Waals surface area contributed by atoms with Crippen molar-refractivity contribution in [2.45, 2.75) is 26.9 Å². The molecule has 0 heterocycles. The maximum absolute atomic E-state index is 11.2. The number of carbonyl (C=O) groups is 1. The van der Waals surface area contributed by atoms with Crippen LogP contribution in [0.2, 0.25) is 0 Å². The number of likely N-dealkylation sites (N-methyl/N-ethyl adjacent to an activating group) is 1. The zero-order valence-electron chi connectivity index (χ0n) is 9.89. The Morgan fingerprint density at radius 1 is 1.40 bits per heavy atom. The lowest BCUT2D eigenvalue weighted by Crippen LogP contribution is -2.20. The molecular weight excluding hydrogens is 190 g/mol. The van der Waals surface area contributed by atoms with Crippen molar-refractivity contribution in [3.63, 3.8) is 0 Å². The first-order valence-electron chi connectivity index (χ1n) is 4.83. The Kier molecular flexibility index (Phi) is 5.45. The first kappa shape index (κ1) is 13.5. The van der Waals surface area contributed by atoms with Crippen LogP contribution in [0.1, 0.15) is 20.8 Å². The second kappa shape index (κ2) is 6.06. The van der Waals surface area contributed by atoms with Crippen molar-refractivity contribution in [1.29, 1.82) is 0 Å². The Balaban J connectivity index is 4.49. The quantitative estimate of drug-likeness (QED) is 0.428. The van der Waals surface area contributed by atoms with Gasteiger partial charge in [0.05, 0.1) is 6.10 Å². The molecule has 1 amide bonds. The van der Waals surface area contributed by atoms with Gasteiger partial charge in [-0.2, -0.15) is 0 Å². The van der Waals surface area contributed by atoms with E-state index < -0.39 is 0 Å². The highest BCUT2D eigenvalue weighted by Gasteiger charge is 2.06. The largest absolute Gasteiger partial charge is 0.492 e. The fourth-order valence-corrected chi connectivity index (χ4v) is 0.995. The standard InChI is InChI=1S/C12H19NO2/c1-8(2)15-10(4)7-9(3)11(5)12(14)13-6/h7-8H,4-5H2,1-3,6H3,(H,13,14). The second-order valence-corrected chi connectivity index (χ2v) is 3.52. The summed E-state index contributed by atoms with van der Waals surface area (Å²) in [5, 5.41) is 2.51. The normalized spacial score (nSPS) is 11.1. The van der Waals surface area contributed by atoms with Crippen molar-refractivity contribution in [1.82, 2.24) is 5.32 Å². The minimum Gasteiger partial charge on any atom is -0.492 e. The molecule has 3 nitrogen and oxygen atoms in total. The second-order valence-electron chi connectivity index (χ2n) is 3.52. The summed E-state index contributed by atoms with van der Waals surface area (Å²) in [4.78, 5) is 11.2. The molecule has 0 rings (SSSR count). The Morgan fingerprint density at radius 3 is 2.33 bits per heavy atom. The number of nitrogens with one attached hydrogen (secondary N) is 1. The molecule has 0 aliphatic heterocycles. The van der Waals surface area contributed by atoms with Crippen LogP contribution in [-0.2, 0) is 9.53 Å². The molecule has 1 N–H and O–H groups in total. The third-order valence-corrected chi connectivity index (χ3v) is 1.74. The van der Waals surface area contributed by atoms with Crippen molar-refractivity contribution in [2.75, 3.05) is 7.05 Å². The van der Waals surface area contributed by atoms with Gasteiger partial charge in [0, 0.05) is 12.6 Å². The van der Waals surface area contributed by atoms with Gasteiger partial charge < -0.3 is 10.1 Å². The van der Waals surface area contributed by atoms with Crippen molar-refractivity contribution >= 4 is 5.91 Å². The van der Waals surface area contributed by atoms with Gasteiger partial charge in [0.15, 0.2) is 0 Å². The minimum atomic E-state index is -0.193. The van der Waals surface area contributed by atoms with Crippen LogP contribution in [0, 0.1) is 0 Å².